The van der Waals surface area contributed by atoms with Crippen molar-refractivity contribution >= 4 is 23.2 Å². The minimum atomic E-state index is -4.47. The first-order chi connectivity index (χ1) is 12.9. The summed E-state index contributed by atoms with van der Waals surface area (Å²) in [5, 5.41) is 4.75. The Morgan fingerprint density at radius 1 is 1.22 bits per heavy atom. The summed E-state index contributed by atoms with van der Waals surface area (Å²) in [4.78, 5) is 24.1. The molecular formula is C17H20F3N5OS. The molecule has 1 fully saturated rings. The van der Waals surface area contributed by atoms with Crippen LogP contribution in [0.25, 0.3) is 0 Å². The van der Waals surface area contributed by atoms with Crippen LogP contribution in [0.4, 0.5) is 19.1 Å². The van der Waals surface area contributed by atoms with E-state index in [0.29, 0.717) is 24.5 Å². The quantitative estimate of drug-likeness (QED) is 0.757. The van der Waals surface area contributed by atoms with E-state index in [1.165, 1.54) is 11.3 Å². The Labute approximate surface area is 159 Å². The molecule has 1 saturated heterocycles. The fourth-order valence-corrected chi connectivity index (χ4v) is 3.47. The third-order valence-electron chi connectivity index (χ3n) is 4.27. The van der Waals surface area contributed by atoms with Crippen molar-refractivity contribution in [1.29, 1.82) is 0 Å². The summed E-state index contributed by atoms with van der Waals surface area (Å²) in [5.41, 5.74) is -0.920. The van der Waals surface area contributed by atoms with Gasteiger partial charge in [0.15, 0.2) is 0 Å². The van der Waals surface area contributed by atoms with Crippen molar-refractivity contribution in [3.63, 3.8) is 0 Å². The summed E-state index contributed by atoms with van der Waals surface area (Å²) >= 11 is 1.41. The Morgan fingerprint density at radius 2 is 2.00 bits per heavy atom. The van der Waals surface area contributed by atoms with Crippen molar-refractivity contribution in [1.82, 2.24) is 20.2 Å². The highest BCUT2D eigenvalue weighted by molar-refractivity contribution is 7.12. The monoisotopic (exact) mass is 399 g/mol. The van der Waals surface area contributed by atoms with Crippen LogP contribution >= 0.6 is 11.3 Å². The fraction of sp³-hybridized carbons (Fsp3) is 0.471. The number of thiophene rings is 1. The number of carbonyl (C=O) groups is 1. The average Bonchev–Trinajstić information content (AvgIpc) is 3.20. The normalized spacial score (nSPS) is 15.7. The van der Waals surface area contributed by atoms with Gasteiger partial charge < -0.3 is 10.2 Å². The standard InChI is InChI=1S/C17H20F3N5OS/c18-17(19,20)14-4-6-22-16(23-14)25-10-8-24(9-11-25)7-2-5-21-15(26)13-3-1-12-27-13/h1,3-4,6,12H,2,5,7-11H2,(H,21,26). The predicted molar refractivity (Wildman–Crippen MR) is 97.0 cm³/mol. The summed E-state index contributed by atoms with van der Waals surface area (Å²) in [6, 6.07) is 4.51. The van der Waals surface area contributed by atoms with Crippen LogP contribution in [0, 0.1) is 0 Å². The van der Waals surface area contributed by atoms with Gasteiger partial charge in [0.2, 0.25) is 5.95 Å². The highest BCUT2D eigenvalue weighted by atomic mass is 32.1. The van der Waals surface area contributed by atoms with Crippen molar-refractivity contribution in [2.24, 2.45) is 0 Å². The van der Waals surface area contributed by atoms with Gasteiger partial charge in [0.1, 0.15) is 5.69 Å². The molecule has 1 N–H and O–H groups in total. The second kappa shape index (κ2) is 8.66. The maximum atomic E-state index is 12.8. The first-order valence-electron chi connectivity index (χ1n) is 8.63. The van der Waals surface area contributed by atoms with Gasteiger partial charge in [-0.1, -0.05) is 6.07 Å². The highest BCUT2D eigenvalue weighted by Gasteiger charge is 2.33. The van der Waals surface area contributed by atoms with Crippen molar-refractivity contribution < 1.29 is 18.0 Å². The van der Waals surface area contributed by atoms with E-state index in [1.807, 2.05) is 11.4 Å². The second-order valence-corrected chi connectivity index (χ2v) is 7.10. The summed E-state index contributed by atoms with van der Waals surface area (Å²) < 4.78 is 38.3. The molecule has 146 valence electrons. The summed E-state index contributed by atoms with van der Waals surface area (Å²) in [5.74, 6) is 0.0594. The average molecular weight is 399 g/mol. The number of aromatic nitrogens is 2. The molecule has 0 aliphatic carbocycles. The van der Waals surface area contributed by atoms with Crippen molar-refractivity contribution in [3.05, 3.63) is 40.3 Å². The lowest BCUT2D eigenvalue weighted by Gasteiger charge is -2.34. The smallest absolute Gasteiger partial charge is 0.351 e. The lowest BCUT2D eigenvalue weighted by Crippen LogP contribution is -2.47. The molecular weight excluding hydrogens is 379 g/mol. The molecule has 0 atom stereocenters. The van der Waals surface area contributed by atoms with E-state index < -0.39 is 11.9 Å². The molecule has 0 radical (unpaired) electrons. The van der Waals surface area contributed by atoms with Crippen LogP contribution in [0.3, 0.4) is 0 Å². The number of anilines is 1. The summed E-state index contributed by atoms with van der Waals surface area (Å²) in [6.45, 7) is 4.00. The van der Waals surface area contributed by atoms with E-state index >= 15 is 0 Å². The molecule has 1 aliphatic heterocycles. The molecule has 6 nitrogen and oxygen atoms in total. The number of alkyl halides is 3. The van der Waals surface area contributed by atoms with Crippen LogP contribution in [0.5, 0.6) is 0 Å². The maximum Gasteiger partial charge on any atom is 0.433 e. The Kier molecular flexibility index (Phi) is 6.27. The van der Waals surface area contributed by atoms with Gasteiger partial charge in [0.05, 0.1) is 4.88 Å². The molecule has 2 aromatic rings. The van der Waals surface area contributed by atoms with Gasteiger partial charge in [-0.25, -0.2) is 9.97 Å². The molecule has 1 amide bonds. The molecule has 3 heterocycles. The van der Waals surface area contributed by atoms with Gasteiger partial charge in [0.25, 0.3) is 5.91 Å². The summed E-state index contributed by atoms with van der Waals surface area (Å²) in [6.07, 6.45) is -2.50. The number of amides is 1. The molecule has 0 bridgehead atoms. The van der Waals surface area contributed by atoms with Crippen LogP contribution < -0.4 is 10.2 Å². The molecule has 3 rings (SSSR count). The topological polar surface area (TPSA) is 61.4 Å². The minimum Gasteiger partial charge on any atom is -0.351 e. The maximum absolute atomic E-state index is 12.8. The first-order valence-corrected chi connectivity index (χ1v) is 9.51. The van der Waals surface area contributed by atoms with E-state index in [4.69, 9.17) is 0 Å². The Balaban J connectivity index is 1.40. The number of hydrogen-bond acceptors (Lipinski definition) is 6. The zero-order valence-corrected chi connectivity index (χ0v) is 15.4. The van der Waals surface area contributed by atoms with Crippen molar-refractivity contribution in [3.8, 4) is 0 Å². The SMILES string of the molecule is O=C(NCCCN1CCN(c2nccc(C(F)(F)F)n2)CC1)c1cccs1. The first kappa shape index (κ1) is 19.6. The van der Waals surface area contributed by atoms with Crippen LogP contribution in [0.2, 0.25) is 0 Å². The van der Waals surface area contributed by atoms with Gasteiger partial charge in [0, 0.05) is 38.9 Å². The number of hydrogen-bond donors (Lipinski definition) is 1. The van der Waals surface area contributed by atoms with Gasteiger partial charge >= 0.3 is 6.18 Å². The van der Waals surface area contributed by atoms with Gasteiger partial charge in [-0.3, -0.25) is 9.69 Å². The number of rotatable bonds is 6. The third-order valence-corrected chi connectivity index (χ3v) is 5.14. The molecule has 0 aromatic carbocycles. The lowest BCUT2D eigenvalue weighted by atomic mass is 10.3. The van der Waals surface area contributed by atoms with E-state index in [0.717, 1.165) is 38.3 Å². The second-order valence-electron chi connectivity index (χ2n) is 6.16. The fourth-order valence-electron chi connectivity index (χ4n) is 2.83. The van der Waals surface area contributed by atoms with Crippen LogP contribution in [-0.4, -0.2) is 60.0 Å². The number of halogens is 3. The zero-order chi connectivity index (χ0) is 19.3. The molecule has 1 aliphatic rings. The third kappa shape index (κ3) is 5.39. The highest BCUT2D eigenvalue weighted by Crippen LogP contribution is 2.28. The van der Waals surface area contributed by atoms with Crippen molar-refractivity contribution in [2.75, 3.05) is 44.2 Å². The molecule has 2 aromatic heterocycles. The van der Waals surface area contributed by atoms with Gasteiger partial charge in [-0.15, -0.1) is 11.3 Å². The van der Waals surface area contributed by atoms with Crippen molar-refractivity contribution in [2.45, 2.75) is 12.6 Å². The summed E-state index contributed by atoms with van der Waals surface area (Å²) in [7, 11) is 0. The van der Waals surface area contributed by atoms with Crippen LogP contribution in [-0.2, 0) is 6.18 Å². The minimum absolute atomic E-state index is 0.0588. The predicted octanol–water partition coefficient (Wildman–Crippen LogP) is 2.50. The number of carbonyl (C=O) groups excluding carboxylic acids is 1. The van der Waals surface area contributed by atoms with Gasteiger partial charge in [-0.2, -0.15) is 13.2 Å². The van der Waals surface area contributed by atoms with Gasteiger partial charge in [-0.05, 0) is 30.5 Å². The largest absolute Gasteiger partial charge is 0.433 e. The molecule has 27 heavy (non-hydrogen) atoms. The number of piperazine rings is 1. The molecule has 0 spiro atoms. The van der Waals surface area contributed by atoms with Crippen LogP contribution in [0.1, 0.15) is 21.8 Å². The zero-order valence-electron chi connectivity index (χ0n) is 14.6. The van der Waals surface area contributed by atoms with E-state index in [9.17, 15) is 18.0 Å². The Hall–Kier alpha value is -2.20. The van der Waals surface area contributed by atoms with Crippen LogP contribution in [0.15, 0.2) is 29.8 Å². The molecule has 10 heteroatoms. The lowest BCUT2D eigenvalue weighted by molar-refractivity contribution is -0.141. The Morgan fingerprint density at radius 3 is 2.67 bits per heavy atom. The Bertz CT molecular complexity index is 745. The number of nitrogens with one attached hydrogen (secondary N) is 1. The molecule has 0 unspecified atom stereocenters. The molecule has 0 saturated carbocycles. The number of nitrogens with zero attached hydrogens (tertiary/aromatic N) is 4. The van der Waals surface area contributed by atoms with E-state index in [1.54, 1.807) is 11.0 Å². The van der Waals surface area contributed by atoms with E-state index in [-0.39, 0.29) is 11.9 Å². The van der Waals surface area contributed by atoms with E-state index in [2.05, 4.69) is 20.2 Å².